The molecule has 2 aromatic rings. The zero-order chi connectivity index (χ0) is 16.3. The summed E-state index contributed by atoms with van der Waals surface area (Å²) in [7, 11) is 0. The lowest BCUT2D eigenvalue weighted by atomic mass is 10.1. The molecule has 5 nitrogen and oxygen atoms in total. The molecule has 0 atom stereocenters. The van der Waals surface area contributed by atoms with E-state index in [9.17, 15) is 22.8 Å². The van der Waals surface area contributed by atoms with Crippen LogP contribution < -0.4 is 5.32 Å². The van der Waals surface area contributed by atoms with Crippen LogP contribution in [0.15, 0.2) is 42.6 Å². The largest absolute Gasteiger partial charge is 0.478 e. The summed E-state index contributed by atoms with van der Waals surface area (Å²) < 4.78 is 37.7. The molecule has 22 heavy (non-hydrogen) atoms. The fraction of sp³-hybridized carbons (Fsp3) is 0.0714. The van der Waals surface area contributed by atoms with Crippen LogP contribution in [0.1, 0.15) is 26.3 Å². The number of nitrogens with zero attached hydrogens (tertiary/aromatic N) is 1. The summed E-state index contributed by atoms with van der Waals surface area (Å²) in [5.41, 5.74) is -0.836. The van der Waals surface area contributed by atoms with Crippen molar-refractivity contribution in [3.05, 3.63) is 59.3 Å². The Morgan fingerprint density at radius 1 is 1.05 bits per heavy atom. The lowest BCUT2D eigenvalue weighted by molar-refractivity contribution is -0.137. The van der Waals surface area contributed by atoms with E-state index in [4.69, 9.17) is 5.11 Å². The van der Waals surface area contributed by atoms with Crippen LogP contribution in [0.5, 0.6) is 0 Å². The number of hydrogen-bond acceptors (Lipinski definition) is 3. The fourth-order valence-corrected chi connectivity index (χ4v) is 1.63. The van der Waals surface area contributed by atoms with Crippen LogP contribution in [0, 0.1) is 0 Å². The highest BCUT2D eigenvalue weighted by Gasteiger charge is 2.30. The smallest absolute Gasteiger partial charge is 0.416 e. The van der Waals surface area contributed by atoms with Crippen molar-refractivity contribution in [2.24, 2.45) is 0 Å². The highest BCUT2D eigenvalue weighted by molar-refractivity contribution is 6.04. The Morgan fingerprint density at radius 2 is 1.64 bits per heavy atom. The number of benzene rings is 1. The number of pyridine rings is 1. The van der Waals surface area contributed by atoms with Crippen molar-refractivity contribution in [2.45, 2.75) is 6.18 Å². The molecule has 0 saturated carbocycles. The van der Waals surface area contributed by atoms with Gasteiger partial charge in [0.15, 0.2) is 0 Å². The van der Waals surface area contributed by atoms with Gasteiger partial charge in [-0.25, -0.2) is 9.78 Å². The predicted molar refractivity (Wildman–Crippen MR) is 70.6 cm³/mol. The maximum absolute atomic E-state index is 12.6. The van der Waals surface area contributed by atoms with Crippen molar-refractivity contribution in [1.29, 1.82) is 0 Å². The summed E-state index contributed by atoms with van der Waals surface area (Å²) in [6.07, 6.45) is -3.60. The molecule has 1 aromatic heterocycles. The molecule has 0 radical (unpaired) electrons. The Hall–Kier alpha value is -2.90. The van der Waals surface area contributed by atoms with Gasteiger partial charge in [0, 0.05) is 11.8 Å². The number of carbonyl (C=O) groups excluding carboxylic acids is 1. The molecule has 0 unspecified atom stereocenters. The Balaban J connectivity index is 2.17. The Bertz CT molecular complexity index is 712. The minimum atomic E-state index is -4.54. The molecule has 2 N–H and O–H groups in total. The number of carboxylic acids is 1. The van der Waals surface area contributed by atoms with Gasteiger partial charge in [-0.15, -0.1) is 0 Å². The van der Waals surface area contributed by atoms with Crippen molar-refractivity contribution in [2.75, 3.05) is 5.32 Å². The van der Waals surface area contributed by atoms with Crippen molar-refractivity contribution < 1.29 is 27.9 Å². The first kappa shape index (κ1) is 15.5. The van der Waals surface area contributed by atoms with E-state index >= 15 is 0 Å². The number of hydrogen-bond donors (Lipinski definition) is 2. The van der Waals surface area contributed by atoms with E-state index in [-0.39, 0.29) is 16.9 Å². The lowest BCUT2D eigenvalue weighted by Gasteiger charge is -2.09. The van der Waals surface area contributed by atoms with E-state index in [1.165, 1.54) is 24.3 Å². The Labute approximate surface area is 122 Å². The third-order valence-corrected chi connectivity index (χ3v) is 2.72. The summed E-state index contributed by atoms with van der Waals surface area (Å²) in [6.45, 7) is 0. The van der Waals surface area contributed by atoms with Crippen LogP contribution in [0.2, 0.25) is 0 Å². The normalized spacial score (nSPS) is 11.0. The molecular weight excluding hydrogens is 301 g/mol. The van der Waals surface area contributed by atoms with Gasteiger partial charge in [-0.1, -0.05) is 0 Å². The van der Waals surface area contributed by atoms with Crippen LogP contribution in [0.25, 0.3) is 0 Å². The van der Waals surface area contributed by atoms with E-state index in [2.05, 4.69) is 10.3 Å². The van der Waals surface area contributed by atoms with Crippen LogP contribution >= 0.6 is 0 Å². The van der Waals surface area contributed by atoms with Gasteiger partial charge in [0.2, 0.25) is 0 Å². The number of halogens is 3. The zero-order valence-corrected chi connectivity index (χ0v) is 10.9. The number of nitrogens with one attached hydrogen (secondary N) is 1. The van der Waals surface area contributed by atoms with Crippen LogP contribution in [0.4, 0.5) is 19.0 Å². The van der Waals surface area contributed by atoms with E-state index in [1.807, 2.05) is 0 Å². The van der Waals surface area contributed by atoms with E-state index < -0.39 is 23.6 Å². The summed E-state index contributed by atoms with van der Waals surface area (Å²) in [5.74, 6) is -2.09. The Morgan fingerprint density at radius 3 is 2.18 bits per heavy atom. The number of anilines is 1. The number of carbonyl (C=O) groups is 2. The number of aromatic carboxylic acids is 1. The average Bonchev–Trinajstić information content (AvgIpc) is 2.46. The van der Waals surface area contributed by atoms with Gasteiger partial charge >= 0.3 is 12.1 Å². The van der Waals surface area contributed by atoms with Gasteiger partial charge in [-0.3, -0.25) is 4.79 Å². The van der Waals surface area contributed by atoms with Crippen molar-refractivity contribution in [3.63, 3.8) is 0 Å². The van der Waals surface area contributed by atoms with Crippen LogP contribution in [0.3, 0.4) is 0 Å². The summed E-state index contributed by atoms with van der Waals surface area (Å²) in [4.78, 5) is 26.2. The second-order valence-electron chi connectivity index (χ2n) is 4.26. The summed E-state index contributed by atoms with van der Waals surface area (Å²) >= 11 is 0. The molecule has 2 rings (SSSR count). The van der Waals surface area contributed by atoms with E-state index in [0.29, 0.717) is 6.07 Å². The third-order valence-electron chi connectivity index (χ3n) is 2.72. The monoisotopic (exact) mass is 310 g/mol. The summed E-state index contributed by atoms with van der Waals surface area (Å²) in [6, 6.07) is 6.45. The second kappa shape index (κ2) is 5.84. The highest BCUT2D eigenvalue weighted by atomic mass is 19.4. The molecule has 0 aliphatic carbocycles. The minimum Gasteiger partial charge on any atom is -0.478 e. The zero-order valence-electron chi connectivity index (χ0n) is 10.9. The topological polar surface area (TPSA) is 79.3 Å². The van der Waals surface area contributed by atoms with Crippen molar-refractivity contribution in [3.8, 4) is 0 Å². The number of rotatable bonds is 3. The summed E-state index contributed by atoms with van der Waals surface area (Å²) in [5, 5.41) is 11.0. The van der Waals surface area contributed by atoms with Gasteiger partial charge in [-0.05, 0) is 36.4 Å². The second-order valence-corrected chi connectivity index (χ2v) is 4.26. The average molecular weight is 310 g/mol. The van der Waals surface area contributed by atoms with E-state index in [0.717, 1.165) is 12.3 Å². The molecule has 1 amide bonds. The van der Waals surface area contributed by atoms with Crippen LogP contribution in [-0.2, 0) is 6.18 Å². The maximum atomic E-state index is 12.6. The minimum absolute atomic E-state index is 0.00579. The van der Waals surface area contributed by atoms with Gasteiger partial charge in [0.25, 0.3) is 5.91 Å². The van der Waals surface area contributed by atoms with Crippen molar-refractivity contribution >= 4 is 17.7 Å². The third kappa shape index (κ3) is 3.60. The Kier molecular flexibility index (Phi) is 4.11. The number of aromatic nitrogens is 1. The number of carboxylic acid groups (broad SMARTS) is 1. The van der Waals surface area contributed by atoms with Gasteiger partial charge in [0.05, 0.1) is 11.1 Å². The fourth-order valence-electron chi connectivity index (χ4n) is 1.63. The molecule has 0 saturated heterocycles. The maximum Gasteiger partial charge on any atom is 0.416 e. The first-order valence-electron chi connectivity index (χ1n) is 5.95. The molecule has 0 aliphatic rings. The van der Waals surface area contributed by atoms with Gasteiger partial charge in [0.1, 0.15) is 5.82 Å². The van der Waals surface area contributed by atoms with Crippen molar-refractivity contribution in [1.82, 2.24) is 4.98 Å². The predicted octanol–water partition coefficient (Wildman–Crippen LogP) is 3.05. The van der Waals surface area contributed by atoms with Gasteiger partial charge in [-0.2, -0.15) is 13.2 Å². The molecule has 0 fully saturated rings. The number of alkyl halides is 3. The lowest BCUT2D eigenvalue weighted by Crippen LogP contribution is -2.14. The van der Waals surface area contributed by atoms with Gasteiger partial charge < -0.3 is 10.4 Å². The molecule has 0 bridgehead atoms. The first-order chi connectivity index (χ1) is 10.3. The highest BCUT2D eigenvalue weighted by Crippen LogP contribution is 2.29. The number of amides is 1. The molecule has 1 aromatic carbocycles. The standard InChI is InChI=1S/C14H9F3N2O3/c15-14(16,17)10-5-6-18-11(7-10)19-12(20)8-1-3-9(4-2-8)13(21)22/h1-7H,(H,21,22)(H,18,19,20). The quantitative estimate of drug-likeness (QED) is 0.913. The van der Waals surface area contributed by atoms with Crippen LogP contribution in [-0.4, -0.2) is 22.0 Å². The molecule has 1 heterocycles. The molecular formula is C14H9F3N2O3. The molecule has 0 aliphatic heterocycles. The molecule has 0 spiro atoms. The SMILES string of the molecule is O=C(O)c1ccc(C(=O)Nc2cc(C(F)(F)F)ccn2)cc1. The molecule has 8 heteroatoms. The molecule has 114 valence electrons. The van der Waals surface area contributed by atoms with E-state index in [1.54, 1.807) is 0 Å². The first-order valence-corrected chi connectivity index (χ1v) is 5.95.